The molecule has 0 spiro atoms. The number of carbonyl (C=O) groups excluding carboxylic acids is 1. The first kappa shape index (κ1) is 17.8. The highest BCUT2D eigenvalue weighted by molar-refractivity contribution is 6.05. The number of aryl methyl sites for hydroxylation is 2. The number of rotatable bonds is 3. The van der Waals surface area contributed by atoms with Crippen molar-refractivity contribution in [1.82, 2.24) is 9.72 Å². The Morgan fingerprint density at radius 3 is 2.46 bits per heavy atom. The summed E-state index contributed by atoms with van der Waals surface area (Å²) in [6.45, 7) is 4.93. The van der Waals surface area contributed by atoms with E-state index in [9.17, 15) is 18.0 Å². The van der Waals surface area contributed by atoms with Crippen LogP contribution >= 0.6 is 0 Å². The van der Waals surface area contributed by atoms with Gasteiger partial charge in [-0.1, -0.05) is 17.3 Å². The third-order valence-corrected chi connectivity index (χ3v) is 4.00. The number of amides is 1. The lowest BCUT2D eigenvalue weighted by Crippen LogP contribution is -2.15. The normalized spacial score (nSPS) is 11.6. The van der Waals surface area contributed by atoms with Crippen LogP contribution in [0.5, 0.6) is 0 Å². The molecule has 26 heavy (non-hydrogen) atoms. The number of anilines is 1. The van der Waals surface area contributed by atoms with E-state index in [2.05, 4.69) is 10.5 Å². The molecule has 0 aliphatic rings. The van der Waals surface area contributed by atoms with Gasteiger partial charge >= 0.3 is 6.18 Å². The van der Waals surface area contributed by atoms with Gasteiger partial charge in [-0.05, 0) is 39.0 Å². The van der Waals surface area contributed by atoms with Gasteiger partial charge in [0.25, 0.3) is 5.91 Å². The minimum atomic E-state index is -4.50. The van der Waals surface area contributed by atoms with Crippen LogP contribution in [-0.4, -0.2) is 15.6 Å². The summed E-state index contributed by atoms with van der Waals surface area (Å²) >= 11 is 0. The molecule has 136 valence electrons. The van der Waals surface area contributed by atoms with Crippen LogP contribution in [0.3, 0.4) is 0 Å². The number of carbonyl (C=O) groups is 1. The fourth-order valence-corrected chi connectivity index (χ4v) is 2.88. The van der Waals surface area contributed by atoms with Crippen molar-refractivity contribution in [3.63, 3.8) is 0 Å². The van der Waals surface area contributed by atoms with E-state index >= 15 is 0 Å². The van der Waals surface area contributed by atoms with Crippen LogP contribution in [-0.2, 0) is 6.18 Å². The van der Waals surface area contributed by atoms with E-state index in [1.54, 1.807) is 32.9 Å². The molecule has 3 rings (SSSR count). The molecule has 5 nitrogen and oxygen atoms in total. The second-order valence-corrected chi connectivity index (χ2v) is 5.91. The molecule has 2 aromatic heterocycles. The quantitative estimate of drug-likeness (QED) is 0.736. The molecule has 8 heteroatoms. The van der Waals surface area contributed by atoms with Gasteiger partial charge < -0.3 is 14.4 Å². The van der Waals surface area contributed by atoms with Crippen molar-refractivity contribution < 1.29 is 22.5 Å². The largest absolute Gasteiger partial charge is 0.418 e. The molecule has 1 N–H and O–H groups in total. The number of benzene rings is 1. The van der Waals surface area contributed by atoms with Crippen LogP contribution in [0.4, 0.5) is 19.0 Å². The Morgan fingerprint density at radius 2 is 1.85 bits per heavy atom. The van der Waals surface area contributed by atoms with Gasteiger partial charge in [-0.25, -0.2) is 0 Å². The fourth-order valence-electron chi connectivity index (χ4n) is 2.88. The average Bonchev–Trinajstić information content (AvgIpc) is 3.09. The molecule has 0 unspecified atom stereocenters. The molecule has 0 aliphatic carbocycles. The summed E-state index contributed by atoms with van der Waals surface area (Å²) in [5.41, 5.74) is 0.393. The number of halogens is 3. The molecule has 0 aliphatic heterocycles. The van der Waals surface area contributed by atoms with Crippen LogP contribution in [0, 0.1) is 20.8 Å². The molecule has 1 aromatic carbocycles. The van der Waals surface area contributed by atoms with E-state index in [0.717, 1.165) is 6.07 Å². The second-order valence-electron chi connectivity index (χ2n) is 5.91. The maximum atomic E-state index is 13.3. The van der Waals surface area contributed by atoms with Crippen LogP contribution < -0.4 is 5.32 Å². The molecule has 0 fully saturated rings. The third-order valence-electron chi connectivity index (χ3n) is 4.00. The maximum absolute atomic E-state index is 13.3. The van der Waals surface area contributed by atoms with Crippen LogP contribution in [0.15, 0.2) is 40.9 Å². The summed E-state index contributed by atoms with van der Waals surface area (Å²) in [6, 6.07) is 8.36. The number of hydrogen-bond donors (Lipinski definition) is 1. The zero-order valence-corrected chi connectivity index (χ0v) is 14.3. The number of nitrogens with zero attached hydrogens (tertiary/aromatic N) is 2. The van der Waals surface area contributed by atoms with Gasteiger partial charge in [-0.3, -0.25) is 4.79 Å². The molecule has 0 radical (unpaired) electrons. The summed E-state index contributed by atoms with van der Waals surface area (Å²) in [7, 11) is 0. The minimum Gasteiger partial charge on any atom is -0.360 e. The van der Waals surface area contributed by atoms with Gasteiger partial charge in [-0.2, -0.15) is 13.2 Å². The van der Waals surface area contributed by atoms with Crippen LogP contribution in [0.25, 0.3) is 5.69 Å². The van der Waals surface area contributed by atoms with Crippen LogP contribution in [0.1, 0.15) is 33.1 Å². The number of hydrogen-bond acceptors (Lipinski definition) is 3. The lowest BCUT2D eigenvalue weighted by molar-refractivity contribution is -0.137. The zero-order chi connectivity index (χ0) is 19.1. The Balaban J connectivity index is 2.03. The van der Waals surface area contributed by atoms with Gasteiger partial charge in [0.1, 0.15) is 5.76 Å². The van der Waals surface area contributed by atoms with Gasteiger partial charge in [0.05, 0.1) is 16.8 Å². The SMILES string of the molecule is Cc1cc(NC(=O)c2cc(C)n(-c3ccccc3C(F)(F)F)c2C)no1. The highest BCUT2D eigenvalue weighted by Gasteiger charge is 2.34. The smallest absolute Gasteiger partial charge is 0.360 e. The van der Waals surface area contributed by atoms with E-state index in [-0.39, 0.29) is 17.1 Å². The molecule has 0 saturated heterocycles. The Bertz CT molecular complexity index is 970. The lowest BCUT2D eigenvalue weighted by atomic mass is 10.1. The Labute approximate surface area is 147 Å². The van der Waals surface area contributed by atoms with Crippen molar-refractivity contribution >= 4 is 11.7 Å². The highest BCUT2D eigenvalue weighted by Crippen LogP contribution is 2.35. The first-order valence-corrected chi connectivity index (χ1v) is 7.78. The molecule has 3 aromatic rings. The van der Waals surface area contributed by atoms with E-state index in [1.807, 2.05) is 0 Å². The Morgan fingerprint density at radius 1 is 1.15 bits per heavy atom. The monoisotopic (exact) mass is 363 g/mol. The average molecular weight is 363 g/mol. The van der Waals surface area contributed by atoms with E-state index in [1.165, 1.54) is 22.8 Å². The fraction of sp³-hybridized carbons (Fsp3) is 0.222. The topological polar surface area (TPSA) is 60.1 Å². The van der Waals surface area contributed by atoms with E-state index < -0.39 is 17.6 Å². The first-order valence-electron chi connectivity index (χ1n) is 7.78. The molecule has 0 saturated carbocycles. The van der Waals surface area contributed by atoms with Crippen molar-refractivity contribution in [2.24, 2.45) is 0 Å². The van der Waals surface area contributed by atoms with Gasteiger partial charge in [0.2, 0.25) is 0 Å². The number of aromatic nitrogens is 2. The van der Waals surface area contributed by atoms with Gasteiger partial charge in [0.15, 0.2) is 5.82 Å². The van der Waals surface area contributed by atoms with Crippen molar-refractivity contribution in [3.05, 3.63) is 64.7 Å². The summed E-state index contributed by atoms with van der Waals surface area (Å²) in [4.78, 5) is 12.5. The number of para-hydroxylation sites is 1. The third kappa shape index (κ3) is 3.22. The van der Waals surface area contributed by atoms with Crippen molar-refractivity contribution in [3.8, 4) is 5.69 Å². The van der Waals surface area contributed by atoms with Crippen molar-refractivity contribution in [1.29, 1.82) is 0 Å². The Kier molecular flexibility index (Phi) is 4.35. The molecule has 2 heterocycles. The molecule has 0 bridgehead atoms. The Hall–Kier alpha value is -3.03. The number of nitrogens with one attached hydrogen (secondary N) is 1. The van der Waals surface area contributed by atoms with Crippen molar-refractivity contribution in [2.45, 2.75) is 26.9 Å². The molecule has 1 amide bonds. The summed E-state index contributed by atoms with van der Waals surface area (Å²) in [5, 5.41) is 6.26. The molecular weight excluding hydrogens is 347 g/mol. The van der Waals surface area contributed by atoms with E-state index in [0.29, 0.717) is 17.1 Å². The number of alkyl halides is 3. The molecular formula is C18H16F3N3O2. The van der Waals surface area contributed by atoms with Crippen molar-refractivity contribution in [2.75, 3.05) is 5.32 Å². The predicted molar refractivity (Wildman–Crippen MR) is 89.4 cm³/mol. The second kappa shape index (κ2) is 6.36. The summed E-state index contributed by atoms with van der Waals surface area (Å²) in [6.07, 6.45) is -4.50. The lowest BCUT2D eigenvalue weighted by Gasteiger charge is -2.16. The summed E-state index contributed by atoms with van der Waals surface area (Å²) in [5.74, 6) is 0.306. The van der Waals surface area contributed by atoms with E-state index in [4.69, 9.17) is 4.52 Å². The highest BCUT2D eigenvalue weighted by atomic mass is 19.4. The first-order chi connectivity index (χ1) is 12.2. The predicted octanol–water partition coefficient (Wildman–Crippen LogP) is 4.66. The van der Waals surface area contributed by atoms with Gasteiger partial charge in [0, 0.05) is 17.5 Å². The summed E-state index contributed by atoms with van der Waals surface area (Å²) < 4.78 is 46.3. The van der Waals surface area contributed by atoms with Crippen LogP contribution in [0.2, 0.25) is 0 Å². The molecule has 0 atom stereocenters. The zero-order valence-electron chi connectivity index (χ0n) is 14.3. The minimum absolute atomic E-state index is 0.0219. The van der Waals surface area contributed by atoms with Gasteiger partial charge in [-0.15, -0.1) is 0 Å². The maximum Gasteiger partial charge on any atom is 0.418 e. The standard InChI is InChI=1S/C18H16F3N3O2/c1-10-8-13(17(25)22-16-9-11(2)26-23-16)12(3)24(10)15-7-5-4-6-14(15)18(19,20)21/h4-9H,1-3H3,(H,22,23,25).